The predicted octanol–water partition coefficient (Wildman–Crippen LogP) is 4.44. The molecule has 0 fully saturated rings. The highest BCUT2D eigenvalue weighted by molar-refractivity contribution is 9.10. The second-order valence-corrected chi connectivity index (χ2v) is 7.58. The fourth-order valence-electron chi connectivity index (χ4n) is 2.53. The maximum absolute atomic E-state index is 12.5. The van der Waals surface area contributed by atoms with E-state index < -0.39 is 5.60 Å². The molecule has 22 heavy (non-hydrogen) atoms. The molecule has 0 aromatic carbocycles. The van der Waals surface area contributed by atoms with Gasteiger partial charge in [0.05, 0.1) is 15.2 Å². The Labute approximate surface area is 142 Å². The zero-order chi connectivity index (χ0) is 16.1. The van der Waals surface area contributed by atoms with Crippen molar-refractivity contribution in [2.75, 3.05) is 11.4 Å². The van der Waals surface area contributed by atoms with Crippen molar-refractivity contribution < 1.29 is 9.53 Å². The summed E-state index contributed by atoms with van der Waals surface area (Å²) in [5, 5.41) is 0.596. The lowest BCUT2D eigenvalue weighted by Gasteiger charge is -2.29. The Hall–Kier alpha value is -1.27. The predicted molar refractivity (Wildman–Crippen MR) is 89.8 cm³/mol. The highest BCUT2D eigenvalue weighted by Gasteiger charge is 2.31. The van der Waals surface area contributed by atoms with Crippen molar-refractivity contribution >= 4 is 45.1 Å². The summed E-state index contributed by atoms with van der Waals surface area (Å²) in [6, 6.07) is 1.79. The van der Waals surface area contributed by atoms with Crippen molar-refractivity contribution in [1.29, 1.82) is 0 Å². The summed E-state index contributed by atoms with van der Waals surface area (Å²) in [6.45, 7) is 6.21. The number of nitrogens with zero attached hydrogens (tertiary/aromatic N) is 3. The first-order valence-corrected chi connectivity index (χ1v) is 8.30. The Morgan fingerprint density at radius 2 is 2.18 bits per heavy atom. The van der Waals surface area contributed by atoms with Gasteiger partial charge in [-0.3, -0.25) is 9.30 Å². The lowest BCUT2D eigenvalue weighted by atomic mass is 10.1. The molecule has 0 bridgehead atoms. The number of hydrogen-bond donors (Lipinski definition) is 0. The van der Waals surface area contributed by atoms with Gasteiger partial charge in [-0.1, -0.05) is 11.6 Å². The monoisotopic (exact) mass is 385 g/mol. The highest BCUT2D eigenvalue weighted by atomic mass is 79.9. The van der Waals surface area contributed by atoms with Crippen molar-refractivity contribution in [2.45, 2.75) is 39.2 Å². The fraction of sp³-hybridized carbons (Fsp3) is 0.467. The van der Waals surface area contributed by atoms with E-state index in [1.807, 2.05) is 31.4 Å². The Kier molecular flexibility index (Phi) is 3.85. The van der Waals surface area contributed by atoms with Gasteiger partial charge in [0, 0.05) is 18.8 Å². The van der Waals surface area contributed by atoms with Crippen LogP contribution in [0, 0.1) is 0 Å². The Morgan fingerprint density at radius 3 is 2.86 bits per heavy atom. The van der Waals surface area contributed by atoms with Crippen LogP contribution in [-0.4, -0.2) is 27.6 Å². The lowest BCUT2D eigenvalue weighted by Crippen LogP contribution is -2.40. The van der Waals surface area contributed by atoms with E-state index in [4.69, 9.17) is 16.3 Å². The Bertz CT molecular complexity index is 751. The molecule has 0 spiro atoms. The molecule has 0 radical (unpaired) electrons. The van der Waals surface area contributed by atoms with Crippen LogP contribution in [0.2, 0.25) is 5.02 Å². The molecule has 2 aromatic heterocycles. The molecule has 1 aliphatic heterocycles. The normalized spacial score (nSPS) is 15.0. The van der Waals surface area contributed by atoms with Gasteiger partial charge in [-0.2, -0.15) is 0 Å². The van der Waals surface area contributed by atoms with Gasteiger partial charge < -0.3 is 4.74 Å². The summed E-state index contributed by atoms with van der Waals surface area (Å²) < 4.78 is 8.16. The number of aryl methyl sites for hydroxylation is 1. The molecule has 0 aliphatic carbocycles. The smallest absolute Gasteiger partial charge is 0.416 e. The number of ether oxygens (including phenoxy) is 1. The second-order valence-electron chi connectivity index (χ2n) is 6.32. The molecule has 3 heterocycles. The first-order valence-electron chi connectivity index (χ1n) is 7.13. The van der Waals surface area contributed by atoms with E-state index in [1.54, 1.807) is 11.0 Å². The van der Waals surface area contributed by atoms with Crippen LogP contribution in [-0.2, 0) is 11.2 Å². The number of amides is 1. The van der Waals surface area contributed by atoms with Gasteiger partial charge in [-0.25, -0.2) is 9.78 Å². The van der Waals surface area contributed by atoms with Crippen molar-refractivity contribution in [3.63, 3.8) is 0 Å². The minimum absolute atomic E-state index is 0.346. The van der Waals surface area contributed by atoms with Crippen LogP contribution in [0.1, 0.15) is 32.9 Å². The molecule has 0 atom stereocenters. The van der Waals surface area contributed by atoms with Crippen molar-refractivity contribution in [2.24, 2.45) is 0 Å². The number of rotatable bonds is 0. The van der Waals surface area contributed by atoms with Gasteiger partial charge in [-0.05, 0) is 49.5 Å². The molecule has 5 nitrogen and oxygen atoms in total. The number of pyridine rings is 1. The average Bonchev–Trinajstić information content (AvgIpc) is 2.75. The highest BCUT2D eigenvalue weighted by Crippen LogP contribution is 2.33. The minimum Gasteiger partial charge on any atom is -0.443 e. The van der Waals surface area contributed by atoms with E-state index in [0.717, 1.165) is 34.5 Å². The van der Waals surface area contributed by atoms with Crippen LogP contribution >= 0.6 is 27.5 Å². The van der Waals surface area contributed by atoms with Crippen molar-refractivity contribution in [3.8, 4) is 0 Å². The number of carbonyl (C=O) groups excluding carboxylic acids is 1. The van der Waals surface area contributed by atoms with E-state index in [0.29, 0.717) is 11.6 Å². The molecule has 1 aliphatic rings. The SMILES string of the molecule is CC(C)(C)OC(=O)N1CCCc2nc3cc(Cl)c(Br)cn3c21. The number of anilines is 1. The summed E-state index contributed by atoms with van der Waals surface area (Å²) >= 11 is 9.55. The largest absolute Gasteiger partial charge is 0.443 e. The number of halogens is 2. The Morgan fingerprint density at radius 1 is 1.45 bits per heavy atom. The molecule has 3 rings (SSSR count). The third-order valence-electron chi connectivity index (χ3n) is 3.37. The van der Waals surface area contributed by atoms with Crippen LogP contribution in [0.25, 0.3) is 5.65 Å². The molecule has 2 aromatic rings. The molecule has 0 saturated carbocycles. The first kappa shape index (κ1) is 15.6. The van der Waals surface area contributed by atoms with E-state index in [9.17, 15) is 4.79 Å². The number of imidazole rings is 1. The zero-order valence-corrected chi connectivity index (χ0v) is 15.0. The fourth-order valence-corrected chi connectivity index (χ4v) is 3.00. The summed E-state index contributed by atoms with van der Waals surface area (Å²) in [4.78, 5) is 18.7. The van der Waals surface area contributed by atoms with Crippen LogP contribution in [0.3, 0.4) is 0 Å². The van der Waals surface area contributed by atoms with E-state index in [1.165, 1.54) is 0 Å². The number of fused-ring (bicyclic) bond motifs is 3. The van der Waals surface area contributed by atoms with Gasteiger partial charge in [0.25, 0.3) is 0 Å². The van der Waals surface area contributed by atoms with E-state index in [-0.39, 0.29) is 6.09 Å². The maximum Gasteiger partial charge on any atom is 0.416 e. The molecular weight excluding hydrogens is 370 g/mol. The summed E-state index contributed by atoms with van der Waals surface area (Å²) in [6.07, 6.45) is 3.20. The number of carbonyl (C=O) groups is 1. The average molecular weight is 387 g/mol. The van der Waals surface area contributed by atoms with Crippen LogP contribution in [0.15, 0.2) is 16.7 Å². The summed E-state index contributed by atoms with van der Waals surface area (Å²) in [5.74, 6) is 0.771. The third kappa shape index (κ3) is 2.82. The van der Waals surface area contributed by atoms with Crippen LogP contribution < -0.4 is 4.90 Å². The topological polar surface area (TPSA) is 46.8 Å². The van der Waals surface area contributed by atoms with E-state index in [2.05, 4.69) is 20.9 Å². The van der Waals surface area contributed by atoms with Gasteiger partial charge in [0.1, 0.15) is 17.1 Å². The zero-order valence-electron chi connectivity index (χ0n) is 12.7. The molecule has 7 heteroatoms. The Balaban J connectivity index is 2.09. The second kappa shape index (κ2) is 5.42. The lowest BCUT2D eigenvalue weighted by molar-refractivity contribution is 0.0576. The molecule has 1 amide bonds. The molecular formula is C15H17BrClN3O2. The number of hydrogen-bond acceptors (Lipinski definition) is 3. The van der Waals surface area contributed by atoms with Gasteiger partial charge in [0.15, 0.2) is 0 Å². The molecule has 0 N–H and O–H groups in total. The van der Waals surface area contributed by atoms with Gasteiger partial charge in [-0.15, -0.1) is 0 Å². The maximum atomic E-state index is 12.5. The first-order chi connectivity index (χ1) is 10.3. The van der Waals surface area contributed by atoms with Crippen LogP contribution in [0.5, 0.6) is 0 Å². The molecule has 0 unspecified atom stereocenters. The van der Waals surface area contributed by atoms with Gasteiger partial charge in [0.2, 0.25) is 0 Å². The third-order valence-corrected chi connectivity index (χ3v) is 4.55. The van der Waals surface area contributed by atoms with Gasteiger partial charge >= 0.3 is 6.09 Å². The summed E-state index contributed by atoms with van der Waals surface area (Å²) in [5.41, 5.74) is 1.10. The standard InChI is InChI=1S/C15H17BrClN3O2/c1-15(2,3)22-14(21)19-6-4-5-11-13(19)20-8-9(16)10(17)7-12(20)18-11/h7-8H,4-6H2,1-3H3. The van der Waals surface area contributed by atoms with Crippen molar-refractivity contribution in [1.82, 2.24) is 9.38 Å². The molecule has 0 saturated heterocycles. The quantitative estimate of drug-likeness (QED) is 0.672. The van der Waals surface area contributed by atoms with Crippen molar-refractivity contribution in [3.05, 3.63) is 27.5 Å². The van der Waals surface area contributed by atoms with Crippen LogP contribution in [0.4, 0.5) is 10.6 Å². The van der Waals surface area contributed by atoms with E-state index >= 15 is 0 Å². The number of aromatic nitrogens is 2. The minimum atomic E-state index is -0.529. The summed E-state index contributed by atoms with van der Waals surface area (Å²) in [7, 11) is 0. The molecule has 118 valence electrons.